The van der Waals surface area contributed by atoms with Gasteiger partial charge in [0, 0.05) is 48.2 Å². The predicted octanol–water partition coefficient (Wildman–Crippen LogP) is 6.50. The van der Waals surface area contributed by atoms with E-state index >= 15 is 0 Å². The summed E-state index contributed by atoms with van der Waals surface area (Å²) in [4.78, 5) is 48.0. The third-order valence-electron chi connectivity index (χ3n) is 9.22. The fourth-order valence-electron chi connectivity index (χ4n) is 6.29. The maximum atomic E-state index is 13.7. The summed E-state index contributed by atoms with van der Waals surface area (Å²) in [7, 11) is 0. The first-order valence-electron chi connectivity index (χ1n) is 16.6. The monoisotopic (exact) mass is 638 g/mol. The van der Waals surface area contributed by atoms with Crippen molar-refractivity contribution in [3.05, 3.63) is 89.5 Å². The topological polar surface area (TPSA) is 101 Å². The minimum atomic E-state index is -0.644. The number of ketones is 2. The maximum absolute atomic E-state index is 13.7. The van der Waals surface area contributed by atoms with E-state index in [1.54, 1.807) is 12.1 Å². The molecule has 2 fully saturated rings. The van der Waals surface area contributed by atoms with Crippen molar-refractivity contribution in [2.45, 2.75) is 58.9 Å². The summed E-state index contributed by atoms with van der Waals surface area (Å²) < 4.78 is 5.50. The number of hydrogen-bond acceptors (Lipinski definition) is 9. The summed E-state index contributed by atoms with van der Waals surface area (Å²) >= 11 is 0. The molecule has 2 heterocycles. The van der Waals surface area contributed by atoms with Gasteiger partial charge in [-0.15, -0.1) is 0 Å². The fourth-order valence-corrected chi connectivity index (χ4v) is 6.29. The van der Waals surface area contributed by atoms with Crippen LogP contribution in [0.3, 0.4) is 0 Å². The molecule has 0 unspecified atom stereocenters. The van der Waals surface area contributed by atoms with Gasteiger partial charge in [-0.2, -0.15) is 0 Å². The summed E-state index contributed by atoms with van der Waals surface area (Å²) in [5, 5.41) is 7.32. The highest BCUT2D eigenvalue weighted by molar-refractivity contribution is 6.46. The number of oxime groups is 1. The smallest absolute Gasteiger partial charge is 0.331 e. The molecule has 0 spiro atoms. The van der Waals surface area contributed by atoms with Gasteiger partial charge in [0.05, 0.1) is 18.8 Å². The van der Waals surface area contributed by atoms with Crippen LogP contribution < -0.4 is 10.2 Å². The van der Waals surface area contributed by atoms with E-state index in [-0.39, 0.29) is 17.3 Å². The highest BCUT2D eigenvalue weighted by atomic mass is 16.7. The van der Waals surface area contributed by atoms with E-state index in [4.69, 9.17) is 9.57 Å². The molecule has 5 rings (SSSR count). The van der Waals surface area contributed by atoms with Crippen LogP contribution in [-0.4, -0.2) is 73.1 Å². The Bertz CT molecular complexity index is 1550. The number of Topliss-reactive ketones (excluding diaryl/α,β-unsaturated/α-hetero) is 2. The van der Waals surface area contributed by atoms with E-state index in [9.17, 15) is 14.4 Å². The number of anilines is 3. The summed E-state index contributed by atoms with van der Waals surface area (Å²) in [6.07, 6.45) is 3.26. The highest BCUT2D eigenvalue weighted by Gasteiger charge is 2.36. The van der Waals surface area contributed by atoms with Crippen molar-refractivity contribution in [2.75, 3.05) is 44.3 Å². The molecule has 0 aliphatic carbocycles. The lowest BCUT2D eigenvalue weighted by molar-refractivity contribution is -0.140. The second kappa shape index (κ2) is 15.6. The molecular formula is C38H46N4O5. The normalized spacial score (nSPS) is 16.5. The Morgan fingerprint density at radius 3 is 1.94 bits per heavy atom. The third kappa shape index (κ3) is 8.41. The number of nitrogens with one attached hydrogen (secondary N) is 1. The Kier molecular flexibility index (Phi) is 11.3. The van der Waals surface area contributed by atoms with Crippen molar-refractivity contribution >= 4 is 40.3 Å². The average molecular weight is 639 g/mol. The number of piperidine rings is 1. The van der Waals surface area contributed by atoms with Gasteiger partial charge >= 0.3 is 5.97 Å². The number of hydrogen-bond donors (Lipinski definition) is 1. The quantitative estimate of drug-likeness (QED) is 0.104. The summed E-state index contributed by atoms with van der Waals surface area (Å²) in [6.45, 7) is 11.9. The van der Waals surface area contributed by atoms with Crippen LogP contribution in [0.2, 0.25) is 0 Å². The first kappa shape index (κ1) is 34.2. The molecule has 248 valence electrons. The molecule has 0 radical (unpaired) electrons. The fraction of sp³-hybridized carbons (Fsp3) is 0.421. The van der Waals surface area contributed by atoms with Gasteiger partial charge in [-0.3, -0.25) is 14.5 Å². The van der Waals surface area contributed by atoms with Gasteiger partial charge in [-0.1, -0.05) is 24.2 Å². The van der Waals surface area contributed by atoms with Crippen LogP contribution in [0.5, 0.6) is 0 Å². The molecule has 0 aromatic heterocycles. The van der Waals surface area contributed by atoms with E-state index in [0.717, 1.165) is 62.5 Å². The lowest BCUT2D eigenvalue weighted by Gasteiger charge is -2.39. The summed E-state index contributed by atoms with van der Waals surface area (Å²) in [6, 6.07) is 23.5. The Hall–Kier alpha value is -4.18. The van der Waals surface area contributed by atoms with Crippen molar-refractivity contribution in [1.82, 2.24) is 10.2 Å². The second-order valence-electron chi connectivity index (χ2n) is 12.8. The number of benzene rings is 3. The van der Waals surface area contributed by atoms with Gasteiger partial charge in [0.25, 0.3) is 0 Å². The van der Waals surface area contributed by atoms with Gasteiger partial charge < -0.3 is 19.8 Å². The van der Waals surface area contributed by atoms with E-state index in [1.165, 1.54) is 12.5 Å². The number of aryl methyl sites for hydroxylation is 1. The molecule has 47 heavy (non-hydrogen) atoms. The van der Waals surface area contributed by atoms with E-state index in [1.807, 2.05) is 50.2 Å². The van der Waals surface area contributed by atoms with E-state index in [2.05, 4.69) is 51.5 Å². The molecule has 9 heteroatoms. The summed E-state index contributed by atoms with van der Waals surface area (Å²) in [5.41, 5.74) is 4.67. The SMILES string of the molecule is CCc1ccc(N(c2ccc(C(=O)/C(CC3CCNCC3)=N/OC(C)=O)cc2)c2ccc(C(=O)C(C)(C)N3CCOCC3)cc2)cc1. The van der Waals surface area contributed by atoms with Crippen LogP contribution in [0, 0.1) is 5.92 Å². The number of carbonyl (C=O) groups excluding carboxylic acids is 3. The number of carbonyl (C=O) groups is 3. The zero-order valence-corrected chi connectivity index (χ0v) is 28.0. The molecule has 9 nitrogen and oxygen atoms in total. The van der Waals surface area contributed by atoms with Crippen LogP contribution in [0.25, 0.3) is 0 Å². The summed E-state index contributed by atoms with van der Waals surface area (Å²) in [5.74, 6) is -0.438. The minimum Gasteiger partial charge on any atom is -0.379 e. The van der Waals surface area contributed by atoms with Crippen LogP contribution in [0.4, 0.5) is 17.1 Å². The molecule has 0 saturated carbocycles. The zero-order chi connectivity index (χ0) is 33.4. The lowest BCUT2D eigenvalue weighted by Crippen LogP contribution is -2.54. The number of morpholine rings is 1. The van der Waals surface area contributed by atoms with Crippen molar-refractivity contribution in [3.63, 3.8) is 0 Å². The van der Waals surface area contributed by atoms with Crippen molar-refractivity contribution in [3.8, 4) is 0 Å². The molecular weight excluding hydrogens is 592 g/mol. The molecule has 2 aliphatic rings. The molecule has 0 bridgehead atoms. The van der Waals surface area contributed by atoms with Crippen LogP contribution in [-0.2, 0) is 20.8 Å². The number of nitrogens with zero attached hydrogens (tertiary/aromatic N) is 3. The Morgan fingerprint density at radius 1 is 0.872 bits per heavy atom. The molecule has 1 N–H and O–H groups in total. The molecule has 0 amide bonds. The van der Waals surface area contributed by atoms with Crippen LogP contribution in [0.15, 0.2) is 78.0 Å². The minimum absolute atomic E-state index is 0.0726. The molecule has 2 aliphatic heterocycles. The van der Waals surface area contributed by atoms with Crippen molar-refractivity contribution < 1.29 is 24.0 Å². The van der Waals surface area contributed by atoms with Gasteiger partial charge in [0.1, 0.15) is 5.71 Å². The van der Waals surface area contributed by atoms with E-state index < -0.39 is 11.5 Å². The van der Waals surface area contributed by atoms with Gasteiger partial charge in [0.15, 0.2) is 5.78 Å². The first-order valence-corrected chi connectivity index (χ1v) is 16.6. The standard InChI is InChI=1S/C38H46N4O5/c1-5-28-6-12-32(13-7-28)42(34-16-10-31(11-17-34)37(45)38(3,4)41-22-24-46-25-23-41)33-14-8-30(9-15-33)36(44)35(40-47-27(2)43)26-29-18-20-39-21-19-29/h6-17,29,39H,5,18-26H2,1-4H3/b40-35+. The molecule has 0 atom stereocenters. The van der Waals surface area contributed by atoms with Gasteiger partial charge in [-0.25, -0.2) is 4.79 Å². The predicted molar refractivity (Wildman–Crippen MR) is 185 cm³/mol. The second-order valence-corrected chi connectivity index (χ2v) is 12.8. The highest BCUT2D eigenvalue weighted by Crippen LogP contribution is 2.35. The largest absolute Gasteiger partial charge is 0.379 e. The molecule has 3 aromatic carbocycles. The van der Waals surface area contributed by atoms with E-state index in [0.29, 0.717) is 36.7 Å². The molecule has 2 saturated heterocycles. The molecule has 3 aromatic rings. The van der Waals surface area contributed by atoms with Crippen molar-refractivity contribution in [2.24, 2.45) is 11.1 Å². The Labute approximate surface area is 277 Å². The average Bonchev–Trinajstić information content (AvgIpc) is 3.11. The van der Waals surface area contributed by atoms with Crippen LogP contribution in [0.1, 0.15) is 73.2 Å². The number of ether oxygens (including phenoxy) is 1. The third-order valence-corrected chi connectivity index (χ3v) is 9.22. The zero-order valence-electron chi connectivity index (χ0n) is 28.0. The number of rotatable bonds is 12. The Balaban J connectivity index is 1.42. The maximum Gasteiger partial charge on any atom is 0.331 e. The van der Waals surface area contributed by atoms with Gasteiger partial charge in [0.2, 0.25) is 5.78 Å². The Morgan fingerprint density at radius 2 is 1.40 bits per heavy atom. The van der Waals surface area contributed by atoms with Gasteiger partial charge in [-0.05, 0) is 125 Å². The lowest BCUT2D eigenvalue weighted by atomic mass is 9.90. The van der Waals surface area contributed by atoms with Crippen LogP contribution >= 0.6 is 0 Å². The van der Waals surface area contributed by atoms with Crippen molar-refractivity contribution in [1.29, 1.82) is 0 Å². The first-order chi connectivity index (χ1) is 22.7.